The fourth-order valence-electron chi connectivity index (χ4n) is 1.13. The van der Waals surface area contributed by atoms with Gasteiger partial charge in [0.15, 0.2) is 0 Å². The summed E-state index contributed by atoms with van der Waals surface area (Å²) in [4.78, 5) is 8.12. The fraction of sp³-hybridized carbons (Fsp3) is 0.250. The van der Waals surface area contributed by atoms with Crippen molar-refractivity contribution in [2.75, 3.05) is 18.5 Å². The van der Waals surface area contributed by atoms with E-state index in [1.165, 1.54) is 0 Å². The van der Waals surface area contributed by atoms with Crippen LogP contribution in [0.5, 0.6) is 0 Å². The van der Waals surface area contributed by atoms with Crippen LogP contribution in [0.4, 0.5) is 5.82 Å². The van der Waals surface area contributed by atoms with E-state index < -0.39 is 0 Å². The second-order valence-electron chi connectivity index (χ2n) is 2.63. The van der Waals surface area contributed by atoms with Gasteiger partial charge in [0.1, 0.15) is 5.82 Å². The van der Waals surface area contributed by atoms with Gasteiger partial charge in [-0.1, -0.05) is 0 Å². The zero-order chi connectivity index (χ0) is 9.97. The number of aromatic nitrogens is 2. The number of hydrogen-bond donors (Lipinski definition) is 2. The number of halogens is 1. The van der Waals surface area contributed by atoms with Crippen LogP contribution < -0.4 is 5.32 Å². The summed E-state index contributed by atoms with van der Waals surface area (Å²) < 4.78 is 0.961. The van der Waals surface area contributed by atoms with E-state index >= 15 is 0 Å². The number of anilines is 1. The molecule has 0 fully saturated rings. The summed E-state index contributed by atoms with van der Waals surface area (Å²) in [6.07, 6.45) is 0. The van der Waals surface area contributed by atoms with Crippen molar-refractivity contribution in [3.63, 3.8) is 0 Å². The summed E-state index contributed by atoms with van der Waals surface area (Å²) >= 11 is 7.28. The molecule has 14 heavy (non-hydrogen) atoms. The molecule has 2 rings (SSSR count). The predicted octanol–water partition coefficient (Wildman–Crippen LogP) is 1.75. The Morgan fingerprint density at radius 2 is 2.36 bits per heavy atom. The third-order valence-electron chi connectivity index (χ3n) is 1.68. The smallest absolute Gasteiger partial charge is 0.224 e. The number of fused-ring (bicyclic) bond motifs is 1. The van der Waals surface area contributed by atoms with E-state index in [4.69, 9.17) is 16.7 Å². The molecule has 6 heteroatoms. The van der Waals surface area contributed by atoms with Gasteiger partial charge in [0.2, 0.25) is 5.28 Å². The molecule has 2 aromatic rings. The lowest BCUT2D eigenvalue weighted by Crippen LogP contribution is -2.07. The van der Waals surface area contributed by atoms with Gasteiger partial charge in [-0.15, -0.1) is 11.3 Å². The number of rotatable bonds is 3. The minimum absolute atomic E-state index is 0.0640. The SMILES string of the molecule is OCCNc1nc(Cl)nc2ccsc12. The Balaban J connectivity index is 2.44. The maximum absolute atomic E-state index is 8.68. The number of nitrogens with one attached hydrogen (secondary N) is 1. The van der Waals surface area contributed by atoms with Crippen molar-refractivity contribution in [1.82, 2.24) is 9.97 Å². The Bertz CT molecular complexity index is 445. The Kier molecular flexibility index (Phi) is 2.81. The van der Waals surface area contributed by atoms with Crippen molar-refractivity contribution < 1.29 is 5.11 Å². The highest BCUT2D eigenvalue weighted by Gasteiger charge is 2.06. The Hall–Kier alpha value is -0.910. The summed E-state index contributed by atoms with van der Waals surface area (Å²) in [5.41, 5.74) is 0.829. The average molecular weight is 230 g/mol. The number of nitrogens with zero attached hydrogens (tertiary/aromatic N) is 2. The molecule has 0 spiro atoms. The average Bonchev–Trinajstić information content (AvgIpc) is 2.61. The molecule has 0 aromatic carbocycles. The highest BCUT2D eigenvalue weighted by Crippen LogP contribution is 2.26. The third-order valence-corrected chi connectivity index (χ3v) is 2.76. The molecule has 0 saturated heterocycles. The minimum atomic E-state index is 0.0640. The third kappa shape index (κ3) is 1.79. The van der Waals surface area contributed by atoms with Crippen molar-refractivity contribution in [3.8, 4) is 0 Å². The van der Waals surface area contributed by atoms with E-state index in [9.17, 15) is 0 Å². The number of hydrogen-bond acceptors (Lipinski definition) is 5. The molecule has 2 N–H and O–H groups in total. The Morgan fingerprint density at radius 3 is 3.14 bits per heavy atom. The molecule has 0 atom stereocenters. The first-order valence-corrected chi connectivity index (χ1v) is 5.32. The minimum Gasteiger partial charge on any atom is -0.395 e. The molecule has 0 saturated carbocycles. The van der Waals surface area contributed by atoms with Crippen molar-refractivity contribution >= 4 is 39.0 Å². The van der Waals surface area contributed by atoms with E-state index in [0.29, 0.717) is 12.4 Å². The van der Waals surface area contributed by atoms with E-state index in [1.807, 2.05) is 11.4 Å². The van der Waals surface area contributed by atoms with Gasteiger partial charge in [0, 0.05) is 6.54 Å². The lowest BCUT2D eigenvalue weighted by molar-refractivity contribution is 0.311. The van der Waals surface area contributed by atoms with E-state index in [-0.39, 0.29) is 11.9 Å². The molecule has 0 bridgehead atoms. The number of thiophene rings is 1. The quantitative estimate of drug-likeness (QED) is 0.788. The number of aliphatic hydroxyl groups excluding tert-OH is 1. The second-order valence-corrected chi connectivity index (χ2v) is 3.88. The molecular weight excluding hydrogens is 222 g/mol. The van der Waals surface area contributed by atoms with Crippen LogP contribution in [0, 0.1) is 0 Å². The van der Waals surface area contributed by atoms with Crippen molar-refractivity contribution in [2.45, 2.75) is 0 Å². The van der Waals surface area contributed by atoms with Gasteiger partial charge in [-0.05, 0) is 23.0 Å². The molecule has 0 amide bonds. The summed E-state index contributed by atoms with van der Waals surface area (Å²) in [6, 6.07) is 1.89. The van der Waals surface area contributed by atoms with Crippen LogP contribution in [0.15, 0.2) is 11.4 Å². The Labute approximate surface area is 89.6 Å². The first-order valence-electron chi connectivity index (χ1n) is 4.07. The van der Waals surface area contributed by atoms with Gasteiger partial charge >= 0.3 is 0 Å². The molecule has 0 aliphatic carbocycles. The predicted molar refractivity (Wildman–Crippen MR) is 58.0 cm³/mol. The second kappa shape index (κ2) is 4.08. The normalized spacial score (nSPS) is 10.7. The van der Waals surface area contributed by atoms with Crippen molar-refractivity contribution in [1.29, 1.82) is 0 Å². The van der Waals surface area contributed by atoms with Crippen LogP contribution in [-0.4, -0.2) is 28.2 Å². The van der Waals surface area contributed by atoms with Crippen molar-refractivity contribution in [3.05, 3.63) is 16.7 Å². The molecule has 0 unspecified atom stereocenters. The van der Waals surface area contributed by atoms with Crippen LogP contribution >= 0.6 is 22.9 Å². The van der Waals surface area contributed by atoms with Crippen molar-refractivity contribution in [2.24, 2.45) is 0 Å². The van der Waals surface area contributed by atoms with E-state index in [0.717, 1.165) is 10.2 Å². The molecule has 0 aliphatic heterocycles. The van der Waals surface area contributed by atoms with Crippen LogP contribution in [-0.2, 0) is 0 Å². The topological polar surface area (TPSA) is 58.0 Å². The lowest BCUT2D eigenvalue weighted by Gasteiger charge is -2.04. The summed E-state index contributed by atoms with van der Waals surface area (Å²) in [5, 5.41) is 13.8. The zero-order valence-corrected chi connectivity index (χ0v) is 8.77. The standard InChI is InChI=1S/C8H8ClN3OS/c9-8-11-5-1-4-14-6(5)7(12-8)10-2-3-13/h1,4,13H,2-3H2,(H,10,11,12). The summed E-state index contributed by atoms with van der Waals surface area (Å²) in [5.74, 6) is 0.684. The van der Waals surface area contributed by atoms with Gasteiger partial charge in [-0.25, -0.2) is 4.98 Å². The molecule has 74 valence electrons. The maximum atomic E-state index is 8.68. The molecule has 4 nitrogen and oxygen atoms in total. The maximum Gasteiger partial charge on any atom is 0.224 e. The van der Waals surface area contributed by atoms with Gasteiger partial charge in [-0.2, -0.15) is 4.98 Å². The zero-order valence-electron chi connectivity index (χ0n) is 7.20. The lowest BCUT2D eigenvalue weighted by atomic mass is 10.4. The van der Waals surface area contributed by atoms with Crippen LogP contribution in [0.1, 0.15) is 0 Å². The van der Waals surface area contributed by atoms with Crippen LogP contribution in [0.25, 0.3) is 10.2 Å². The molecule has 0 aliphatic rings. The van der Waals surface area contributed by atoms with Gasteiger partial charge in [-0.3, -0.25) is 0 Å². The van der Waals surface area contributed by atoms with Gasteiger partial charge in [0.25, 0.3) is 0 Å². The first kappa shape index (κ1) is 9.64. The molecular formula is C8H8ClN3OS. The highest BCUT2D eigenvalue weighted by atomic mass is 35.5. The number of aliphatic hydroxyl groups is 1. The van der Waals surface area contributed by atoms with Gasteiger partial charge < -0.3 is 10.4 Å². The van der Waals surface area contributed by atoms with Crippen LogP contribution in [0.3, 0.4) is 0 Å². The first-order chi connectivity index (χ1) is 6.81. The molecule has 2 aromatic heterocycles. The monoisotopic (exact) mass is 229 g/mol. The Morgan fingerprint density at radius 1 is 1.50 bits per heavy atom. The van der Waals surface area contributed by atoms with E-state index in [1.54, 1.807) is 11.3 Å². The largest absolute Gasteiger partial charge is 0.395 e. The van der Waals surface area contributed by atoms with E-state index in [2.05, 4.69) is 15.3 Å². The molecule has 2 heterocycles. The summed E-state index contributed by atoms with van der Waals surface area (Å²) in [7, 11) is 0. The molecule has 0 radical (unpaired) electrons. The van der Waals surface area contributed by atoms with Crippen LogP contribution in [0.2, 0.25) is 5.28 Å². The highest BCUT2D eigenvalue weighted by molar-refractivity contribution is 7.17. The summed E-state index contributed by atoms with van der Waals surface area (Å²) in [6.45, 7) is 0.523. The fourth-order valence-corrected chi connectivity index (χ4v) is 2.10. The van der Waals surface area contributed by atoms with Gasteiger partial charge in [0.05, 0.1) is 16.8 Å².